The number of rotatable bonds is 5. The van der Waals surface area contributed by atoms with Gasteiger partial charge in [-0.05, 0) is 24.3 Å². The molecule has 0 unspecified atom stereocenters. The number of nitrogens with one attached hydrogen (secondary N) is 3. The highest BCUT2D eigenvalue weighted by Crippen LogP contribution is 2.13. The molecule has 0 amide bonds. The molecular formula is C9H15N3O2S. The van der Waals surface area contributed by atoms with Crippen molar-refractivity contribution in [1.82, 2.24) is 4.72 Å². The van der Waals surface area contributed by atoms with Crippen LogP contribution in [-0.4, -0.2) is 22.0 Å². The van der Waals surface area contributed by atoms with Crippen molar-refractivity contribution in [1.29, 1.82) is 0 Å². The first kappa shape index (κ1) is 11.8. The van der Waals surface area contributed by atoms with Crippen LogP contribution in [0.15, 0.2) is 24.3 Å². The van der Waals surface area contributed by atoms with Gasteiger partial charge >= 0.3 is 0 Å². The standard InChI is InChI=1S/C9H15N3O2S/c1-3-11-15(13,14)12-9-6-4-8(10-2)5-7-9/h4-7,10-12H,3H2,1-2H3. The highest BCUT2D eigenvalue weighted by molar-refractivity contribution is 7.90. The van der Waals surface area contributed by atoms with Gasteiger partial charge in [0.2, 0.25) is 0 Å². The molecule has 15 heavy (non-hydrogen) atoms. The Hall–Kier alpha value is -1.27. The number of hydrogen-bond donors (Lipinski definition) is 3. The molecule has 0 spiro atoms. The third kappa shape index (κ3) is 3.77. The second kappa shape index (κ2) is 4.99. The number of anilines is 2. The van der Waals surface area contributed by atoms with E-state index in [4.69, 9.17) is 0 Å². The lowest BCUT2D eigenvalue weighted by molar-refractivity contribution is 0.589. The Balaban J connectivity index is 2.73. The molecule has 3 N–H and O–H groups in total. The summed E-state index contributed by atoms with van der Waals surface area (Å²) >= 11 is 0. The Morgan fingerprint density at radius 3 is 2.13 bits per heavy atom. The summed E-state index contributed by atoms with van der Waals surface area (Å²) in [5, 5.41) is 2.95. The van der Waals surface area contributed by atoms with Crippen LogP contribution in [0, 0.1) is 0 Å². The molecule has 0 aromatic heterocycles. The van der Waals surface area contributed by atoms with E-state index in [0.29, 0.717) is 12.2 Å². The molecule has 0 fully saturated rings. The number of hydrogen-bond acceptors (Lipinski definition) is 3. The highest BCUT2D eigenvalue weighted by Gasteiger charge is 2.06. The van der Waals surface area contributed by atoms with Crippen LogP contribution >= 0.6 is 0 Å². The van der Waals surface area contributed by atoms with Gasteiger partial charge in [-0.1, -0.05) is 6.92 Å². The van der Waals surface area contributed by atoms with Gasteiger partial charge in [0, 0.05) is 25.0 Å². The predicted molar refractivity (Wildman–Crippen MR) is 62.2 cm³/mol. The van der Waals surface area contributed by atoms with Gasteiger partial charge in [-0.2, -0.15) is 13.1 Å². The van der Waals surface area contributed by atoms with Gasteiger partial charge in [-0.25, -0.2) is 0 Å². The molecule has 5 nitrogen and oxygen atoms in total. The van der Waals surface area contributed by atoms with E-state index in [2.05, 4.69) is 14.8 Å². The smallest absolute Gasteiger partial charge is 0.299 e. The van der Waals surface area contributed by atoms with Crippen molar-refractivity contribution in [3.05, 3.63) is 24.3 Å². The summed E-state index contributed by atoms with van der Waals surface area (Å²) in [5.74, 6) is 0. The van der Waals surface area contributed by atoms with E-state index in [0.717, 1.165) is 5.69 Å². The van der Waals surface area contributed by atoms with Gasteiger partial charge < -0.3 is 5.32 Å². The summed E-state index contributed by atoms with van der Waals surface area (Å²) in [7, 11) is -1.62. The van der Waals surface area contributed by atoms with Crippen molar-refractivity contribution in [2.75, 3.05) is 23.6 Å². The lowest BCUT2D eigenvalue weighted by Gasteiger charge is -2.08. The Kier molecular flexibility index (Phi) is 3.93. The molecule has 1 rings (SSSR count). The molecule has 0 aliphatic carbocycles. The summed E-state index contributed by atoms with van der Waals surface area (Å²) in [6.45, 7) is 2.09. The van der Waals surface area contributed by atoms with Gasteiger partial charge in [0.25, 0.3) is 10.2 Å². The monoisotopic (exact) mass is 229 g/mol. The fourth-order valence-corrected chi connectivity index (χ4v) is 1.98. The quantitative estimate of drug-likeness (QED) is 0.705. The fourth-order valence-electron chi connectivity index (χ4n) is 1.09. The number of benzene rings is 1. The Labute approximate surface area is 90.1 Å². The average molecular weight is 229 g/mol. The minimum Gasteiger partial charge on any atom is -0.388 e. The fraction of sp³-hybridized carbons (Fsp3) is 0.333. The van der Waals surface area contributed by atoms with Crippen LogP contribution in [0.3, 0.4) is 0 Å². The zero-order valence-electron chi connectivity index (χ0n) is 8.74. The van der Waals surface area contributed by atoms with Crippen molar-refractivity contribution < 1.29 is 8.42 Å². The highest BCUT2D eigenvalue weighted by atomic mass is 32.2. The minimum atomic E-state index is -3.42. The average Bonchev–Trinajstić information content (AvgIpc) is 2.18. The Bertz CT molecular complexity index is 400. The molecule has 0 atom stereocenters. The summed E-state index contributed by atoms with van der Waals surface area (Å²) < 4.78 is 27.4. The molecule has 0 radical (unpaired) electrons. The van der Waals surface area contributed by atoms with E-state index in [9.17, 15) is 8.42 Å². The molecule has 0 bridgehead atoms. The van der Waals surface area contributed by atoms with Crippen LogP contribution < -0.4 is 14.8 Å². The molecule has 0 saturated heterocycles. The van der Waals surface area contributed by atoms with Crippen LogP contribution in [0.4, 0.5) is 11.4 Å². The second-order valence-corrected chi connectivity index (χ2v) is 4.43. The first-order valence-electron chi connectivity index (χ1n) is 4.62. The SMILES string of the molecule is CCNS(=O)(=O)Nc1ccc(NC)cc1. The van der Waals surface area contributed by atoms with Gasteiger partial charge in [0.15, 0.2) is 0 Å². The molecular weight excluding hydrogens is 214 g/mol. The lowest BCUT2D eigenvalue weighted by Crippen LogP contribution is -2.29. The molecule has 1 aromatic carbocycles. The van der Waals surface area contributed by atoms with Crippen molar-refractivity contribution >= 4 is 21.6 Å². The molecule has 0 aliphatic heterocycles. The van der Waals surface area contributed by atoms with Crippen LogP contribution in [-0.2, 0) is 10.2 Å². The molecule has 84 valence electrons. The van der Waals surface area contributed by atoms with E-state index in [1.807, 2.05) is 0 Å². The molecule has 0 saturated carbocycles. The maximum Gasteiger partial charge on any atom is 0.299 e. The zero-order chi connectivity index (χ0) is 11.3. The first-order valence-corrected chi connectivity index (χ1v) is 6.11. The van der Waals surface area contributed by atoms with Crippen molar-refractivity contribution in [3.63, 3.8) is 0 Å². The lowest BCUT2D eigenvalue weighted by atomic mass is 10.3. The van der Waals surface area contributed by atoms with Gasteiger partial charge in [-0.3, -0.25) is 4.72 Å². The molecule has 6 heteroatoms. The second-order valence-electron chi connectivity index (χ2n) is 2.93. The topological polar surface area (TPSA) is 70.2 Å². The third-order valence-electron chi connectivity index (χ3n) is 1.76. The largest absolute Gasteiger partial charge is 0.388 e. The van der Waals surface area contributed by atoms with Gasteiger partial charge in [0.1, 0.15) is 0 Å². The maximum absolute atomic E-state index is 11.3. The molecule has 0 aliphatic rings. The Morgan fingerprint density at radius 2 is 1.67 bits per heavy atom. The summed E-state index contributed by atoms with van der Waals surface area (Å²) in [6.07, 6.45) is 0. The third-order valence-corrected chi connectivity index (χ3v) is 2.93. The van der Waals surface area contributed by atoms with E-state index in [-0.39, 0.29) is 0 Å². The molecule has 0 heterocycles. The summed E-state index contributed by atoms with van der Waals surface area (Å²) in [4.78, 5) is 0. The zero-order valence-corrected chi connectivity index (χ0v) is 9.56. The van der Waals surface area contributed by atoms with E-state index < -0.39 is 10.2 Å². The summed E-state index contributed by atoms with van der Waals surface area (Å²) in [5.41, 5.74) is 1.47. The normalized spacial score (nSPS) is 11.1. The van der Waals surface area contributed by atoms with E-state index >= 15 is 0 Å². The first-order chi connectivity index (χ1) is 7.07. The molecule has 1 aromatic rings. The van der Waals surface area contributed by atoms with Crippen LogP contribution in [0.2, 0.25) is 0 Å². The van der Waals surface area contributed by atoms with Gasteiger partial charge in [-0.15, -0.1) is 0 Å². The van der Waals surface area contributed by atoms with Crippen LogP contribution in [0.25, 0.3) is 0 Å². The maximum atomic E-state index is 11.3. The van der Waals surface area contributed by atoms with Gasteiger partial charge in [0.05, 0.1) is 0 Å². The van der Waals surface area contributed by atoms with Crippen molar-refractivity contribution in [2.45, 2.75) is 6.92 Å². The van der Waals surface area contributed by atoms with E-state index in [1.165, 1.54) is 0 Å². The summed E-state index contributed by atoms with van der Waals surface area (Å²) in [6, 6.07) is 6.98. The van der Waals surface area contributed by atoms with Crippen LogP contribution in [0.5, 0.6) is 0 Å². The van der Waals surface area contributed by atoms with Crippen molar-refractivity contribution in [3.8, 4) is 0 Å². The van der Waals surface area contributed by atoms with Crippen molar-refractivity contribution in [2.24, 2.45) is 0 Å². The van der Waals surface area contributed by atoms with Crippen LogP contribution in [0.1, 0.15) is 6.92 Å². The van der Waals surface area contributed by atoms with E-state index in [1.54, 1.807) is 38.2 Å². The minimum absolute atomic E-state index is 0.365. The predicted octanol–water partition coefficient (Wildman–Crippen LogP) is 0.994. The Morgan fingerprint density at radius 1 is 1.13 bits per heavy atom.